The van der Waals surface area contributed by atoms with Gasteiger partial charge in [-0.2, -0.15) is 0 Å². The van der Waals surface area contributed by atoms with Gasteiger partial charge in [0.25, 0.3) is 5.91 Å². The zero-order valence-corrected chi connectivity index (χ0v) is 17.5. The number of hydrogen-bond acceptors (Lipinski definition) is 3. The molecule has 2 aromatic carbocycles. The minimum absolute atomic E-state index is 0.0803. The van der Waals surface area contributed by atoms with Gasteiger partial charge in [-0.15, -0.1) is 0 Å². The van der Waals surface area contributed by atoms with E-state index >= 15 is 0 Å². The van der Waals surface area contributed by atoms with E-state index in [2.05, 4.69) is 16.0 Å². The summed E-state index contributed by atoms with van der Waals surface area (Å²) in [6, 6.07) is 11.1. The van der Waals surface area contributed by atoms with Gasteiger partial charge in [-0.1, -0.05) is 30.3 Å². The SMILES string of the molecule is Cc1cc(F)ccc1C1CCCN1C(=O)NCc1cccc(C2(C)NC(=O)NC2=O)c1. The molecule has 3 N–H and O–H groups in total. The van der Waals surface area contributed by atoms with Crippen molar-refractivity contribution in [1.29, 1.82) is 0 Å². The summed E-state index contributed by atoms with van der Waals surface area (Å²) in [6.07, 6.45) is 1.72. The summed E-state index contributed by atoms with van der Waals surface area (Å²) in [5, 5.41) is 7.84. The van der Waals surface area contributed by atoms with Crippen LogP contribution in [-0.4, -0.2) is 29.4 Å². The highest BCUT2D eigenvalue weighted by Gasteiger charge is 2.43. The molecule has 2 heterocycles. The lowest BCUT2D eigenvalue weighted by atomic mass is 9.91. The number of carbonyl (C=O) groups is 3. The third kappa shape index (κ3) is 3.97. The van der Waals surface area contributed by atoms with Crippen LogP contribution in [0.2, 0.25) is 0 Å². The number of benzene rings is 2. The first-order chi connectivity index (χ1) is 14.8. The second-order valence-corrected chi connectivity index (χ2v) is 8.24. The Labute approximate surface area is 180 Å². The van der Waals surface area contributed by atoms with Gasteiger partial charge in [0.1, 0.15) is 11.4 Å². The number of rotatable bonds is 4. The second kappa shape index (κ2) is 8.02. The normalized spacial score (nSPS) is 22.9. The van der Waals surface area contributed by atoms with Gasteiger partial charge in [-0.05, 0) is 61.1 Å². The molecule has 2 aromatic rings. The fourth-order valence-electron chi connectivity index (χ4n) is 4.36. The molecule has 2 aliphatic heterocycles. The van der Waals surface area contributed by atoms with E-state index in [0.717, 1.165) is 29.5 Å². The van der Waals surface area contributed by atoms with Crippen molar-refractivity contribution in [2.24, 2.45) is 0 Å². The summed E-state index contributed by atoms with van der Waals surface area (Å²) in [4.78, 5) is 38.4. The number of nitrogens with one attached hydrogen (secondary N) is 3. The molecule has 162 valence electrons. The summed E-state index contributed by atoms with van der Waals surface area (Å²) in [5.41, 5.74) is 2.12. The topological polar surface area (TPSA) is 90.5 Å². The molecule has 8 heteroatoms. The number of hydrogen-bond donors (Lipinski definition) is 3. The molecule has 5 amide bonds. The van der Waals surface area contributed by atoms with Crippen molar-refractivity contribution >= 4 is 18.0 Å². The third-order valence-electron chi connectivity index (χ3n) is 6.10. The zero-order chi connectivity index (χ0) is 22.2. The van der Waals surface area contributed by atoms with Crippen LogP contribution in [-0.2, 0) is 16.9 Å². The Kier molecular flexibility index (Phi) is 5.39. The lowest BCUT2D eigenvalue weighted by Gasteiger charge is -2.27. The van der Waals surface area contributed by atoms with Crippen LogP contribution in [0.15, 0.2) is 42.5 Å². The maximum Gasteiger partial charge on any atom is 0.322 e. The predicted octanol–water partition coefficient (Wildman–Crippen LogP) is 3.24. The van der Waals surface area contributed by atoms with Gasteiger partial charge in [0.2, 0.25) is 0 Å². The van der Waals surface area contributed by atoms with Crippen LogP contribution in [0.4, 0.5) is 14.0 Å². The molecule has 0 bridgehead atoms. The molecule has 0 saturated carbocycles. The maximum absolute atomic E-state index is 13.5. The van der Waals surface area contributed by atoms with Gasteiger partial charge in [-0.25, -0.2) is 14.0 Å². The Hall–Kier alpha value is -3.42. The van der Waals surface area contributed by atoms with Gasteiger partial charge in [0.05, 0.1) is 6.04 Å². The number of nitrogens with zero attached hydrogens (tertiary/aromatic N) is 1. The van der Waals surface area contributed by atoms with E-state index in [1.165, 1.54) is 12.1 Å². The van der Waals surface area contributed by atoms with Crippen molar-refractivity contribution in [3.63, 3.8) is 0 Å². The second-order valence-electron chi connectivity index (χ2n) is 8.24. The number of likely N-dealkylation sites (tertiary alicyclic amines) is 1. The highest BCUT2D eigenvalue weighted by molar-refractivity contribution is 6.07. The molecule has 0 spiro atoms. The largest absolute Gasteiger partial charge is 0.334 e. The van der Waals surface area contributed by atoms with Crippen molar-refractivity contribution < 1.29 is 18.8 Å². The van der Waals surface area contributed by atoms with Gasteiger partial charge < -0.3 is 15.5 Å². The minimum atomic E-state index is -1.14. The monoisotopic (exact) mass is 424 g/mol. The van der Waals surface area contributed by atoms with Crippen LogP contribution < -0.4 is 16.0 Å². The molecular formula is C23H25FN4O3. The van der Waals surface area contributed by atoms with E-state index in [0.29, 0.717) is 12.1 Å². The van der Waals surface area contributed by atoms with Gasteiger partial charge in [0.15, 0.2) is 0 Å². The Morgan fingerprint density at radius 1 is 1.26 bits per heavy atom. The molecule has 4 rings (SSSR count). The van der Waals surface area contributed by atoms with E-state index in [1.807, 2.05) is 13.0 Å². The van der Waals surface area contributed by atoms with Gasteiger partial charge >= 0.3 is 12.1 Å². The summed E-state index contributed by atoms with van der Waals surface area (Å²) in [7, 11) is 0. The molecule has 31 heavy (non-hydrogen) atoms. The summed E-state index contributed by atoms with van der Waals surface area (Å²) >= 11 is 0. The van der Waals surface area contributed by atoms with Crippen LogP contribution in [0.5, 0.6) is 0 Å². The Bertz CT molecular complexity index is 1060. The van der Waals surface area contributed by atoms with Crippen molar-refractivity contribution in [2.45, 2.75) is 44.8 Å². The molecule has 2 unspecified atom stereocenters. The van der Waals surface area contributed by atoms with E-state index < -0.39 is 17.5 Å². The minimum Gasteiger partial charge on any atom is -0.334 e. The Morgan fingerprint density at radius 3 is 2.77 bits per heavy atom. The number of imide groups is 1. The molecule has 2 aliphatic rings. The van der Waals surface area contributed by atoms with Crippen molar-refractivity contribution in [2.75, 3.05) is 6.54 Å². The average Bonchev–Trinajstić information content (AvgIpc) is 3.31. The smallest absolute Gasteiger partial charge is 0.322 e. The molecule has 2 fully saturated rings. The molecule has 0 aromatic heterocycles. The number of halogens is 1. The first-order valence-electron chi connectivity index (χ1n) is 10.3. The van der Waals surface area contributed by atoms with Crippen LogP contribution in [0.3, 0.4) is 0 Å². The fourth-order valence-corrected chi connectivity index (χ4v) is 4.36. The highest BCUT2D eigenvalue weighted by Crippen LogP contribution is 2.34. The summed E-state index contributed by atoms with van der Waals surface area (Å²) in [6.45, 7) is 4.42. The van der Waals surface area contributed by atoms with Crippen LogP contribution in [0.1, 0.15) is 48.1 Å². The van der Waals surface area contributed by atoms with Gasteiger partial charge in [-0.3, -0.25) is 10.1 Å². The molecule has 0 aliphatic carbocycles. The molecule has 7 nitrogen and oxygen atoms in total. The lowest BCUT2D eigenvalue weighted by Crippen LogP contribution is -2.41. The first-order valence-corrected chi connectivity index (χ1v) is 10.3. The lowest BCUT2D eigenvalue weighted by molar-refractivity contribution is -0.123. The van der Waals surface area contributed by atoms with E-state index in [1.54, 1.807) is 36.1 Å². The van der Waals surface area contributed by atoms with E-state index in [4.69, 9.17) is 0 Å². The first kappa shape index (κ1) is 20.8. The maximum atomic E-state index is 13.5. The van der Waals surface area contributed by atoms with Gasteiger partial charge in [0, 0.05) is 13.1 Å². The fraction of sp³-hybridized carbons (Fsp3) is 0.348. The number of carbonyl (C=O) groups excluding carboxylic acids is 3. The number of urea groups is 2. The van der Waals surface area contributed by atoms with E-state index in [-0.39, 0.29) is 24.4 Å². The summed E-state index contributed by atoms with van der Waals surface area (Å²) in [5.74, 6) is -0.691. The van der Waals surface area contributed by atoms with E-state index in [9.17, 15) is 18.8 Å². The molecule has 2 saturated heterocycles. The zero-order valence-electron chi connectivity index (χ0n) is 17.5. The number of amides is 5. The summed E-state index contributed by atoms with van der Waals surface area (Å²) < 4.78 is 13.5. The van der Waals surface area contributed by atoms with Crippen molar-refractivity contribution in [3.05, 3.63) is 70.5 Å². The average molecular weight is 424 g/mol. The molecule has 0 radical (unpaired) electrons. The van der Waals surface area contributed by atoms with Crippen molar-refractivity contribution in [3.8, 4) is 0 Å². The Morgan fingerprint density at radius 2 is 2.06 bits per heavy atom. The Balaban J connectivity index is 1.45. The predicted molar refractivity (Wildman–Crippen MR) is 113 cm³/mol. The number of aryl methyl sites for hydroxylation is 1. The third-order valence-corrected chi connectivity index (χ3v) is 6.10. The van der Waals surface area contributed by atoms with Crippen LogP contribution in [0, 0.1) is 12.7 Å². The highest BCUT2D eigenvalue weighted by atomic mass is 19.1. The molecular weight excluding hydrogens is 399 g/mol. The van der Waals surface area contributed by atoms with Crippen molar-refractivity contribution in [1.82, 2.24) is 20.9 Å². The standard InChI is InChI=1S/C23H25FN4O3/c1-14-11-17(24)8-9-18(14)19-7-4-10-28(19)22(31)25-13-15-5-3-6-16(12-15)23(2)20(29)26-21(30)27-23/h3,5-6,8-9,11-12,19H,4,7,10,13H2,1-2H3,(H,25,31)(H2,26,27,29,30). The van der Waals surface area contributed by atoms with Crippen LogP contribution >= 0.6 is 0 Å². The quantitative estimate of drug-likeness (QED) is 0.658. The molecule has 2 atom stereocenters. The van der Waals surface area contributed by atoms with Crippen LogP contribution in [0.25, 0.3) is 0 Å².